The minimum absolute atomic E-state index is 0.0600. The molecule has 7 nitrogen and oxygen atoms in total. The van der Waals surface area contributed by atoms with Gasteiger partial charge in [0.05, 0.1) is 20.8 Å². The third kappa shape index (κ3) is 3.21. The molecule has 24 heavy (non-hydrogen) atoms. The van der Waals surface area contributed by atoms with Crippen molar-refractivity contribution in [2.24, 2.45) is 0 Å². The molecule has 1 unspecified atom stereocenters. The molecular weight excluding hydrogens is 312 g/mol. The molecule has 1 aliphatic heterocycles. The fraction of sp³-hybridized carbons (Fsp3) is 0.412. The Labute approximate surface area is 139 Å². The lowest BCUT2D eigenvalue weighted by Crippen LogP contribution is -2.20. The van der Waals surface area contributed by atoms with E-state index in [9.17, 15) is 4.79 Å². The molecule has 0 amide bonds. The van der Waals surface area contributed by atoms with E-state index in [0.717, 1.165) is 36.6 Å². The summed E-state index contributed by atoms with van der Waals surface area (Å²) in [6.45, 7) is 2.21. The van der Waals surface area contributed by atoms with Crippen LogP contribution in [-0.2, 0) is 6.54 Å². The van der Waals surface area contributed by atoms with E-state index in [1.54, 1.807) is 14.2 Å². The molecule has 0 bridgehead atoms. The predicted octanol–water partition coefficient (Wildman–Crippen LogP) is 2.38. The number of carboxylic acids is 1. The van der Waals surface area contributed by atoms with Crippen LogP contribution in [-0.4, -0.2) is 48.3 Å². The first-order valence-electron chi connectivity index (χ1n) is 7.73. The Morgan fingerprint density at radius 3 is 2.92 bits per heavy atom. The summed E-state index contributed by atoms with van der Waals surface area (Å²) in [4.78, 5) is 17.0. The van der Waals surface area contributed by atoms with Crippen molar-refractivity contribution < 1.29 is 23.8 Å². The number of likely N-dealkylation sites (tertiary alicyclic amines) is 1. The highest BCUT2D eigenvalue weighted by Crippen LogP contribution is 2.39. The molecule has 2 heterocycles. The van der Waals surface area contributed by atoms with Crippen molar-refractivity contribution in [3.63, 3.8) is 0 Å². The smallest absolute Gasteiger partial charge is 0.357 e. The number of benzene rings is 1. The summed E-state index contributed by atoms with van der Waals surface area (Å²) in [6, 6.07) is 5.91. The van der Waals surface area contributed by atoms with Crippen LogP contribution >= 0.6 is 0 Å². The number of aromatic carboxylic acids is 1. The number of hydrogen-bond acceptors (Lipinski definition) is 6. The highest BCUT2D eigenvalue weighted by molar-refractivity contribution is 5.84. The Balaban J connectivity index is 1.70. The maximum Gasteiger partial charge on any atom is 0.357 e. The molecule has 1 aromatic heterocycles. The molecule has 7 heteroatoms. The third-order valence-electron chi connectivity index (χ3n) is 4.28. The van der Waals surface area contributed by atoms with Gasteiger partial charge in [-0.3, -0.25) is 4.90 Å². The molecule has 1 aliphatic rings. The Bertz CT molecular complexity index is 728. The predicted molar refractivity (Wildman–Crippen MR) is 85.6 cm³/mol. The topological polar surface area (TPSA) is 85.0 Å². The van der Waals surface area contributed by atoms with Gasteiger partial charge in [-0.1, -0.05) is 12.1 Å². The number of methoxy groups -OCH3 is 2. The van der Waals surface area contributed by atoms with Crippen LogP contribution in [0.25, 0.3) is 0 Å². The van der Waals surface area contributed by atoms with Gasteiger partial charge < -0.3 is 19.0 Å². The summed E-state index contributed by atoms with van der Waals surface area (Å²) in [5, 5.41) is 8.89. The van der Waals surface area contributed by atoms with Crippen molar-refractivity contribution >= 4 is 5.97 Å². The second-order valence-corrected chi connectivity index (χ2v) is 5.74. The van der Waals surface area contributed by atoms with Gasteiger partial charge in [0, 0.05) is 18.0 Å². The van der Waals surface area contributed by atoms with E-state index in [1.807, 2.05) is 12.1 Å². The number of carboxylic acid groups (broad SMARTS) is 1. The van der Waals surface area contributed by atoms with Crippen molar-refractivity contribution in [2.75, 3.05) is 27.3 Å². The second kappa shape index (κ2) is 6.92. The molecule has 1 saturated heterocycles. The molecule has 0 aliphatic carbocycles. The number of aromatic nitrogens is 1. The standard InChI is InChI=1S/C17H20N2O5/c1-22-14-5-3-4-12(16(14)23-2)11-6-7-19(8-11)9-15-18-13(10-24-15)17(20)21/h3-5,10-11H,6-9H2,1-2H3,(H,20,21). The van der Waals surface area contributed by atoms with Crippen molar-refractivity contribution in [1.29, 1.82) is 0 Å². The zero-order chi connectivity index (χ0) is 17.1. The molecule has 0 radical (unpaired) electrons. The number of nitrogens with zero attached hydrogens (tertiary/aromatic N) is 2. The van der Waals surface area contributed by atoms with E-state index in [-0.39, 0.29) is 5.69 Å². The Hall–Kier alpha value is -2.54. The van der Waals surface area contributed by atoms with E-state index >= 15 is 0 Å². The summed E-state index contributed by atoms with van der Waals surface area (Å²) < 4.78 is 16.1. The SMILES string of the molecule is COc1cccc(C2CCN(Cc3nc(C(=O)O)co3)C2)c1OC. The van der Waals surface area contributed by atoms with Crippen LogP contribution in [0.3, 0.4) is 0 Å². The Morgan fingerprint density at radius 1 is 1.42 bits per heavy atom. The van der Waals surface area contributed by atoms with E-state index < -0.39 is 5.97 Å². The molecule has 1 N–H and O–H groups in total. The van der Waals surface area contributed by atoms with Crippen LogP contribution in [0.15, 0.2) is 28.9 Å². The zero-order valence-electron chi connectivity index (χ0n) is 13.7. The normalized spacial score (nSPS) is 17.8. The van der Waals surface area contributed by atoms with Gasteiger partial charge in [0.25, 0.3) is 0 Å². The van der Waals surface area contributed by atoms with Crippen LogP contribution in [0.2, 0.25) is 0 Å². The summed E-state index contributed by atoms with van der Waals surface area (Å²) >= 11 is 0. The summed E-state index contributed by atoms with van der Waals surface area (Å²) in [5.41, 5.74) is 1.06. The lowest BCUT2D eigenvalue weighted by atomic mass is 9.97. The molecule has 2 aromatic rings. The quantitative estimate of drug-likeness (QED) is 0.869. The minimum Gasteiger partial charge on any atom is -0.493 e. The van der Waals surface area contributed by atoms with Gasteiger partial charge in [-0.25, -0.2) is 9.78 Å². The fourth-order valence-electron chi connectivity index (χ4n) is 3.14. The van der Waals surface area contributed by atoms with E-state index in [1.165, 1.54) is 6.26 Å². The highest BCUT2D eigenvalue weighted by atomic mass is 16.5. The van der Waals surface area contributed by atoms with Crippen LogP contribution in [0.1, 0.15) is 34.3 Å². The van der Waals surface area contributed by atoms with E-state index in [4.69, 9.17) is 19.0 Å². The van der Waals surface area contributed by atoms with Crippen molar-refractivity contribution in [1.82, 2.24) is 9.88 Å². The molecule has 1 fully saturated rings. The number of ether oxygens (including phenoxy) is 2. The van der Waals surface area contributed by atoms with Crippen LogP contribution < -0.4 is 9.47 Å². The Morgan fingerprint density at radius 2 is 2.25 bits per heavy atom. The number of rotatable bonds is 6. The van der Waals surface area contributed by atoms with Gasteiger partial charge in [0.15, 0.2) is 17.2 Å². The summed E-state index contributed by atoms with van der Waals surface area (Å²) in [6.07, 6.45) is 2.16. The molecule has 1 atom stereocenters. The average Bonchev–Trinajstić information content (AvgIpc) is 3.24. The maximum atomic E-state index is 10.9. The zero-order valence-corrected chi connectivity index (χ0v) is 13.7. The maximum absolute atomic E-state index is 10.9. The average molecular weight is 332 g/mol. The molecule has 0 spiro atoms. The van der Waals surface area contributed by atoms with Gasteiger partial charge in [0.2, 0.25) is 5.89 Å². The van der Waals surface area contributed by atoms with E-state index in [0.29, 0.717) is 18.4 Å². The molecule has 3 rings (SSSR count). The van der Waals surface area contributed by atoms with Gasteiger partial charge >= 0.3 is 5.97 Å². The first-order chi connectivity index (χ1) is 11.6. The Kier molecular flexibility index (Phi) is 4.71. The molecule has 0 saturated carbocycles. The van der Waals surface area contributed by atoms with E-state index in [2.05, 4.69) is 16.0 Å². The lowest BCUT2D eigenvalue weighted by molar-refractivity contribution is 0.0690. The fourth-order valence-corrected chi connectivity index (χ4v) is 3.14. The first kappa shape index (κ1) is 16.3. The first-order valence-corrected chi connectivity index (χ1v) is 7.73. The van der Waals surface area contributed by atoms with Crippen molar-refractivity contribution in [3.8, 4) is 11.5 Å². The van der Waals surface area contributed by atoms with Crippen LogP contribution in [0.4, 0.5) is 0 Å². The number of carbonyl (C=O) groups is 1. The number of hydrogen-bond donors (Lipinski definition) is 1. The van der Waals surface area contributed by atoms with Gasteiger partial charge in [-0.15, -0.1) is 0 Å². The monoisotopic (exact) mass is 332 g/mol. The second-order valence-electron chi connectivity index (χ2n) is 5.74. The lowest BCUT2D eigenvalue weighted by Gasteiger charge is -2.18. The third-order valence-corrected chi connectivity index (χ3v) is 4.28. The molecule has 1 aromatic carbocycles. The highest BCUT2D eigenvalue weighted by Gasteiger charge is 2.28. The molecular formula is C17H20N2O5. The van der Waals surface area contributed by atoms with Crippen molar-refractivity contribution in [2.45, 2.75) is 18.9 Å². The largest absolute Gasteiger partial charge is 0.493 e. The minimum atomic E-state index is -1.08. The van der Waals surface area contributed by atoms with Gasteiger partial charge in [0.1, 0.15) is 6.26 Å². The number of para-hydroxylation sites is 1. The van der Waals surface area contributed by atoms with Crippen LogP contribution in [0.5, 0.6) is 11.5 Å². The molecule has 128 valence electrons. The van der Waals surface area contributed by atoms with Gasteiger partial charge in [-0.2, -0.15) is 0 Å². The van der Waals surface area contributed by atoms with Crippen molar-refractivity contribution in [3.05, 3.63) is 41.6 Å². The number of oxazole rings is 1. The van der Waals surface area contributed by atoms with Gasteiger partial charge in [-0.05, 0) is 19.0 Å². The summed E-state index contributed by atoms with van der Waals surface area (Å²) in [7, 11) is 3.28. The van der Waals surface area contributed by atoms with Crippen LogP contribution in [0, 0.1) is 0 Å². The summed E-state index contributed by atoms with van der Waals surface area (Å²) in [5.74, 6) is 1.17.